The van der Waals surface area contributed by atoms with E-state index in [9.17, 15) is 0 Å². The van der Waals surface area contributed by atoms with Crippen molar-refractivity contribution in [3.05, 3.63) is 22.3 Å². The van der Waals surface area contributed by atoms with Crippen molar-refractivity contribution in [3.8, 4) is 0 Å². The molecule has 1 unspecified atom stereocenters. The van der Waals surface area contributed by atoms with Crippen LogP contribution in [0.1, 0.15) is 44.6 Å². The van der Waals surface area contributed by atoms with Gasteiger partial charge in [0.25, 0.3) is 0 Å². The summed E-state index contributed by atoms with van der Waals surface area (Å²) in [6.07, 6.45) is 8.48. The van der Waals surface area contributed by atoms with Crippen molar-refractivity contribution >= 4 is 21.7 Å². The minimum atomic E-state index is 0.671. The summed E-state index contributed by atoms with van der Waals surface area (Å²) in [6.45, 7) is 5.61. The molecular formula is C14H21BrN2. The summed E-state index contributed by atoms with van der Waals surface area (Å²) in [4.78, 5) is 7.14. The molecule has 1 atom stereocenters. The van der Waals surface area contributed by atoms with Gasteiger partial charge in [-0.2, -0.15) is 0 Å². The van der Waals surface area contributed by atoms with Gasteiger partial charge in [-0.3, -0.25) is 0 Å². The lowest BCUT2D eigenvalue weighted by Crippen LogP contribution is -2.35. The van der Waals surface area contributed by atoms with Crippen LogP contribution in [-0.2, 0) is 0 Å². The second kappa shape index (κ2) is 5.85. The predicted octanol–water partition coefficient (Wildman–Crippen LogP) is 4.31. The standard InChI is InChI=1S/C14H21BrN2/c1-3-13-7-5-4-6-8-17(13)14-11(2)9-12(15)10-16-14/h9-10,13H,3-8H2,1-2H3. The molecule has 1 aliphatic heterocycles. The molecule has 0 aliphatic carbocycles. The van der Waals surface area contributed by atoms with E-state index in [4.69, 9.17) is 0 Å². The Kier molecular flexibility index (Phi) is 4.43. The lowest BCUT2D eigenvalue weighted by atomic mass is 10.1. The second-order valence-electron chi connectivity index (χ2n) is 4.90. The zero-order chi connectivity index (χ0) is 12.3. The van der Waals surface area contributed by atoms with Crippen LogP contribution < -0.4 is 4.90 Å². The van der Waals surface area contributed by atoms with E-state index in [1.807, 2.05) is 6.20 Å². The number of halogens is 1. The zero-order valence-electron chi connectivity index (χ0n) is 10.7. The highest BCUT2D eigenvalue weighted by atomic mass is 79.9. The van der Waals surface area contributed by atoms with Gasteiger partial charge < -0.3 is 4.90 Å². The first-order valence-corrected chi connectivity index (χ1v) is 7.40. The van der Waals surface area contributed by atoms with Gasteiger partial charge in [0.05, 0.1) is 0 Å². The van der Waals surface area contributed by atoms with Gasteiger partial charge in [-0.25, -0.2) is 4.98 Å². The molecule has 0 saturated carbocycles. The molecule has 3 heteroatoms. The Balaban J connectivity index is 2.28. The summed E-state index contributed by atoms with van der Waals surface area (Å²) in [5.41, 5.74) is 1.28. The van der Waals surface area contributed by atoms with Gasteiger partial charge in [0, 0.05) is 23.3 Å². The van der Waals surface area contributed by atoms with Crippen LogP contribution in [0, 0.1) is 6.92 Å². The predicted molar refractivity (Wildman–Crippen MR) is 76.6 cm³/mol. The molecular weight excluding hydrogens is 276 g/mol. The fourth-order valence-electron chi connectivity index (χ4n) is 2.71. The van der Waals surface area contributed by atoms with Crippen LogP contribution >= 0.6 is 15.9 Å². The SMILES string of the molecule is CCC1CCCCCN1c1ncc(Br)cc1C. The fraction of sp³-hybridized carbons (Fsp3) is 0.643. The number of hydrogen-bond donors (Lipinski definition) is 0. The van der Waals surface area contributed by atoms with E-state index in [0.29, 0.717) is 6.04 Å². The maximum atomic E-state index is 4.62. The minimum Gasteiger partial charge on any atom is -0.353 e. The summed E-state index contributed by atoms with van der Waals surface area (Å²) in [6, 6.07) is 2.84. The van der Waals surface area contributed by atoms with Crippen molar-refractivity contribution < 1.29 is 0 Å². The molecule has 17 heavy (non-hydrogen) atoms. The highest BCUT2D eigenvalue weighted by Crippen LogP contribution is 2.28. The van der Waals surface area contributed by atoms with E-state index in [1.165, 1.54) is 43.5 Å². The van der Waals surface area contributed by atoms with Crippen molar-refractivity contribution in [1.82, 2.24) is 4.98 Å². The number of anilines is 1. The molecule has 0 spiro atoms. The maximum absolute atomic E-state index is 4.62. The summed E-state index contributed by atoms with van der Waals surface area (Å²) >= 11 is 3.49. The molecule has 2 nitrogen and oxygen atoms in total. The highest BCUT2D eigenvalue weighted by molar-refractivity contribution is 9.10. The molecule has 1 aromatic heterocycles. The average molecular weight is 297 g/mol. The first kappa shape index (κ1) is 12.9. The number of aromatic nitrogens is 1. The molecule has 1 aliphatic rings. The quantitative estimate of drug-likeness (QED) is 0.808. The molecule has 1 saturated heterocycles. The lowest BCUT2D eigenvalue weighted by Gasteiger charge is -2.31. The van der Waals surface area contributed by atoms with Crippen LogP contribution in [0.2, 0.25) is 0 Å². The highest BCUT2D eigenvalue weighted by Gasteiger charge is 2.21. The van der Waals surface area contributed by atoms with Gasteiger partial charge >= 0.3 is 0 Å². The zero-order valence-corrected chi connectivity index (χ0v) is 12.3. The molecule has 0 N–H and O–H groups in total. The molecule has 0 amide bonds. The Morgan fingerprint density at radius 1 is 1.41 bits per heavy atom. The van der Waals surface area contributed by atoms with Crippen LogP contribution in [0.15, 0.2) is 16.7 Å². The van der Waals surface area contributed by atoms with Gasteiger partial charge in [0.2, 0.25) is 0 Å². The minimum absolute atomic E-state index is 0.671. The summed E-state index contributed by atoms with van der Waals surface area (Å²) in [5, 5.41) is 0. The van der Waals surface area contributed by atoms with Crippen molar-refractivity contribution in [2.24, 2.45) is 0 Å². The Hall–Kier alpha value is -0.570. The summed E-state index contributed by atoms with van der Waals surface area (Å²) in [7, 11) is 0. The fourth-order valence-corrected chi connectivity index (χ4v) is 3.16. The van der Waals surface area contributed by atoms with Crippen LogP contribution in [-0.4, -0.2) is 17.6 Å². The van der Waals surface area contributed by atoms with E-state index in [-0.39, 0.29) is 0 Å². The third-order valence-corrected chi connectivity index (χ3v) is 4.07. The Bertz CT molecular complexity index is 378. The largest absolute Gasteiger partial charge is 0.353 e. The van der Waals surface area contributed by atoms with E-state index >= 15 is 0 Å². The molecule has 2 heterocycles. The van der Waals surface area contributed by atoms with Gasteiger partial charge in [0.1, 0.15) is 5.82 Å². The van der Waals surface area contributed by atoms with Crippen LogP contribution in [0.3, 0.4) is 0 Å². The van der Waals surface area contributed by atoms with Crippen LogP contribution in [0.5, 0.6) is 0 Å². The van der Waals surface area contributed by atoms with Crippen molar-refractivity contribution in [2.45, 2.75) is 52.0 Å². The molecule has 0 bridgehead atoms. The van der Waals surface area contributed by atoms with Crippen LogP contribution in [0.4, 0.5) is 5.82 Å². The van der Waals surface area contributed by atoms with Gasteiger partial charge in [0.15, 0.2) is 0 Å². The maximum Gasteiger partial charge on any atom is 0.131 e. The van der Waals surface area contributed by atoms with E-state index in [0.717, 1.165) is 11.0 Å². The number of pyridine rings is 1. The summed E-state index contributed by atoms with van der Waals surface area (Å²) in [5.74, 6) is 1.18. The monoisotopic (exact) mass is 296 g/mol. The third-order valence-electron chi connectivity index (χ3n) is 3.64. The first-order valence-electron chi connectivity index (χ1n) is 6.61. The molecule has 94 valence electrons. The van der Waals surface area contributed by atoms with Gasteiger partial charge in [-0.05, 0) is 53.7 Å². The van der Waals surface area contributed by atoms with E-state index in [2.05, 4.69) is 45.7 Å². The summed E-state index contributed by atoms with van der Waals surface area (Å²) < 4.78 is 1.07. The molecule has 2 rings (SSSR count). The first-order chi connectivity index (χ1) is 8.22. The van der Waals surface area contributed by atoms with Crippen molar-refractivity contribution in [3.63, 3.8) is 0 Å². The number of rotatable bonds is 2. The van der Waals surface area contributed by atoms with Gasteiger partial charge in [-0.15, -0.1) is 0 Å². The number of nitrogens with zero attached hydrogens (tertiary/aromatic N) is 2. The number of hydrogen-bond acceptors (Lipinski definition) is 2. The Morgan fingerprint density at radius 2 is 2.24 bits per heavy atom. The molecule has 1 fully saturated rings. The smallest absolute Gasteiger partial charge is 0.131 e. The van der Waals surface area contributed by atoms with Gasteiger partial charge in [-0.1, -0.05) is 19.8 Å². The Labute approximate surface area is 113 Å². The van der Waals surface area contributed by atoms with Crippen molar-refractivity contribution in [2.75, 3.05) is 11.4 Å². The Morgan fingerprint density at radius 3 is 2.94 bits per heavy atom. The third kappa shape index (κ3) is 3.01. The normalized spacial score (nSPS) is 21.4. The lowest BCUT2D eigenvalue weighted by molar-refractivity contribution is 0.551. The molecule has 1 aromatic rings. The van der Waals surface area contributed by atoms with E-state index in [1.54, 1.807) is 0 Å². The van der Waals surface area contributed by atoms with E-state index < -0.39 is 0 Å². The van der Waals surface area contributed by atoms with Crippen LogP contribution in [0.25, 0.3) is 0 Å². The second-order valence-corrected chi connectivity index (χ2v) is 5.81. The molecule has 0 radical (unpaired) electrons. The molecule has 0 aromatic carbocycles. The van der Waals surface area contributed by atoms with Crippen molar-refractivity contribution in [1.29, 1.82) is 0 Å². The topological polar surface area (TPSA) is 16.1 Å². The number of aryl methyl sites for hydroxylation is 1. The average Bonchev–Trinajstić information content (AvgIpc) is 2.54.